The van der Waals surface area contributed by atoms with E-state index >= 15 is 0 Å². The van der Waals surface area contributed by atoms with Crippen LogP contribution in [-0.4, -0.2) is 40.5 Å². The molecule has 1 aromatic heterocycles. The molecule has 0 atom stereocenters. The summed E-state index contributed by atoms with van der Waals surface area (Å²) in [5, 5.41) is 14.4. The molecule has 0 fully saturated rings. The molecule has 0 aliphatic carbocycles. The fourth-order valence-electron chi connectivity index (χ4n) is 2.06. The Hall–Kier alpha value is -2.28. The van der Waals surface area contributed by atoms with E-state index in [2.05, 4.69) is 27.9 Å². The van der Waals surface area contributed by atoms with Gasteiger partial charge in [-0.1, -0.05) is 24.3 Å². The number of amides is 1. The van der Waals surface area contributed by atoms with Gasteiger partial charge < -0.3 is 10.6 Å². The number of fused-ring (bicyclic) bond motifs is 1. The van der Waals surface area contributed by atoms with E-state index in [0.717, 1.165) is 19.5 Å². The van der Waals surface area contributed by atoms with Crippen molar-refractivity contribution in [3.63, 3.8) is 0 Å². The van der Waals surface area contributed by atoms with E-state index < -0.39 is 0 Å². The lowest BCUT2D eigenvalue weighted by Gasteiger charge is -2.07. The van der Waals surface area contributed by atoms with Gasteiger partial charge in [0.2, 0.25) is 5.91 Å². The molecule has 0 saturated carbocycles. The Morgan fingerprint density at radius 1 is 1.23 bits per heavy atom. The average Bonchev–Trinajstić information content (AvgIpc) is 2.54. The smallest absolute Gasteiger partial charge is 0.277 e. The predicted octanol–water partition coefficient (Wildman–Crippen LogP) is 0.297. The minimum Gasteiger partial charge on any atom is -0.355 e. The first-order chi connectivity index (χ1) is 10.7. The molecular formula is C15H21N5O2. The normalized spacial score (nSPS) is 10.8. The maximum Gasteiger partial charge on any atom is 0.277 e. The molecule has 0 unspecified atom stereocenters. The first-order valence-corrected chi connectivity index (χ1v) is 7.52. The summed E-state index contributed by atoms with van der Waals surface area (Å²) >= 11 is 0. The van der Waals surface area contributed by atoms with Crippen molar-refractivity contribution in [2.75, 3.05) is 19.6 Å². The van der Waals surface area contributed by atoms with E-state index in [0.29, 0.717) is 17.4 Å². The van der Waals surface area contributed by atoms with Gasteiger partial charge in [-0.2, -0.15) is 0 Å². The lowest BCUT2D eigenvalue weighted by Crippen LogP contribution is -2.33. The second kappa shape index (κ2) is 8.23. The molecule has 0 radical (unpaired) electrons. The van der Waals surface area contributed by atoms with Crippen LogP contribution in [0.4, 0.5) is 0 Å². The fourth-order valence-corrected chi connectivity index (χ4v) is 2.06. The number of hydrogen-bond donors (Lipinski definition) is 2. The molecule has 2 aromatic rings. The number of carbonyl (C=O) groups excluding carboxylic acids is 1. The summed E-state index contributed by atoms with van der Waals surface area (Å²) in [4.78, 5) is 23.9. The SMILES string of the molecule is CCCNCCNC(=O)CCn1nnc2ccccc2c1=O. The van der Waals surface area contributed by atoms with E-state index in [1.807, 2.05) is 0 Å². The van der Waals surface area contributed by atoms with Gasteiger partial charge in [0, 0.05) is 19.5 Å². The molecule has 118 valence electrons. The standard InChI is InChI=1S/C15H21N5O2/c1-2-8-16-9-10-17-14(21)7-11-20-15(22)12-5-3-4-6-13(12)18-19-20/h3-6,16H,2,7-11H2,1H3,(H,17,21). The monoisotopic (exact) mass is 303 g/mol. The summed E-state index contributed by atoms with van der Waals surface area (Å²) in [5.74, 6) is -0.0971. The Morgan fingerprint density at radius 3 is 2.86 bits per heavy atom. The highest BCUT2D eigenvalue weighted by Crippen LogP contribution is 2.03. The molecule has 7 nitrogen and oxygen atoms in total. The van der Waals surface area contributed by atoms with Gasteiger partial charge >= 0.3 is 0 Å². The predicted molar refractivity (Wildman–Crippen MR) is 84.6 cm³/mol. The molecule has 22 heavy (non-hydrogen) atoms. The maximum atomic E-state index is 12.2. The zero-order chi connectivity index (χ0) is 15.8. The highest BCUT2D eigenvalue weighted by atomic mass is 16.2. The number of aryl methyl sites for hydroxylation is 1. The highest BCUT2D eigenvalue weighted by molar-refractivity contribution is 5.77. The summed E-state index contributed by atoms with van der Waals surface area (Å²) in [6.45, 7) is 4.59. The molecule has 2 N–H and O–H groups in total. The second-order valence-corrected chi connectivity index (χ2v) is 4.98. The van der Waals surface area contributed by atoms with Gasteiger partial charge in [0.15, 0.2) is 0 Å². The molecule has 0 aliphatic heterocycles. The van der Waals surface area contributed by atoms with Crippen LogP contribution in [0.15, 0.2) is 29.1 Å². The Morgan fingerprint density at radius 2 is 2.05 bits per heavy atom. The topological polar surface area (TPSA) is 88.9 Å². The zero-order valence-corrected chi connectivity index (χ0v) is 12.7. The summed E-state index contributed by atoms with van der Waals surface area (Å²) in [6.07, 6.45) is 1.28. The van der Waals surface area contributed by atoms with E-state index in [-0.39, 0.29) is 24.4 Å². The summed E-state index contributed by atoms with van der Waals surface area (Å²) in [5.41, 5.74) is 0.346. The number of benzene rings is 1. The molecule has 1 aromatic carbocycles. The van der Waals surface area contributed by atoms with Crippen molar-refractivity contribution in [1.29, 1.82) is 0 Å². The van der Waals surface area contributed by atoms with Crippen LogP contribution in [0.1, 0.15) is 19.8 Å². The highest BCUT2D eigenvalue weighted by Gasteiger charge is 2.07. The second-order valence-electron chi connectivity index (χ2n) is 4.98. The Kier molecular flexibility index (Phi) is 6.02. The summed E-state index contributed by atoms with van der Waals surface area (Å²) in [6, 6.07) is 7.04. The molecule has 0 bridgehead atoms. The molecule has 1 heterocycles. The van der Waals surface area contributed by atoms with Crippen LogP contribution in [-0.2, 0) is 11.3 Å². The van der Waals surface area contributed by atoms with Crippen molar-refractivity contribution in [2.45, 2.75) is 26.3 Å². The van der Waals surface area contributed by atoms with Crippen molar-refractivity contribution in [3.05, 3.63) is 34.6 Å². The largest absolute Gasteiger partial charge is 0.355 e. The van der Waals surface area contributed by atoms with Crippen LogP contribution >= 0.6 is 0 Å². The number of aromatic nitrogens is 3. The van der Waals surface area contributed by atoms with Gasteiger partial charge in [0.05, 0.1) is 11.9 Å². The third-order valence-corrected chi connectivity index (χ3v) is 3.23. The van der Waals surface area contributed by atoms with Crippen LogP contribution in [0.3, 0.4) is 0 Å². The minimum atomic E-state index is -0.219. The van der Waals surface area contributed by atoms with Gasteiger partial charge in [-0.05, 0) is 25.1 Å². The van der Waals surface area contributed by atoms with Gasteiger partial charge in [-0.15, -0.1) is 5.10 Å². The van der Waals surface area contributed by atoms with Crippen molar-refractivity contribution in [2.24, 2.45) is 0 Å². The lowest BCUT2D eigenvalue weighted by molar-refractivity contribution is -0.121. The van der Waals surface area contributed by atoms with Crippen molar-refractivity contribution >= 4 is 16.8 Å². The average molecular weight is 303 g/mol. The van der Waals surface area contributed by atoms with Crippen molar-refractivity contribution in [1.82, 2.24) is 25.6 Å². The van der Waals surface area contributed by atoms with E-state index in [9.17, 15) is 9.59 Å². The van der Waals surface area contributed by atoms with Crippen LogP contribution in [0, 0.1) is 0 Å². The molecule has 0 aliphatic rings. The summed E-state index contributed by atoms with van der Waals surface area (Å²) in [7, 11) is 0. The fraction of sp³-hybridized carbons (Fsp3) is 0.467. The van der Waals surface area contributed by atoms with Gasteiger partial charge in [-0.25, -0.2) is 4.68 Å². The number of hydrogen-bond acceptors (Lipinski definition) is 5. The molecule has 2 rings (SSSR count). The van der Waals surface area contributed by atoms with Crippen molar-refractivity contribution < 1.29 is 4.79 Å². The van der Waals surface area contributed by atoms with Crippen LogP contribution in [0.2, 0.25) is 0 Å². The van der Waals surface area contributed by atoms with E-state index in [1.165, 1.54) is 4.68 Å². The van der Waals surface area contributed by atoms with Gasteiger partial charge in [0.25, 0.3) is 5.56 Å². The number of carbonyl (C=O) groups is 1. The first-order valence-electron chi connectivity index (χ1n) is 7.52. The maximum absolute atomic E-state index is 12.2. The van der Waals surface area contributed by atoms with Gasteiger partial charge in [-0.3, -0.25) is 9.59 Å². The number of nitrogens with one attached hydrogen (secondary N) is 2. The van der Waals surface area contributed by atoms with Crippen LogP contribution in [0.25, 0.3) is 10.9 Å². The summed E-state index contributed by atoms with van der Waals surface area (Å²) < 4.78 is 1.23. The molecule has 0 spiro atoms. The Balaban J connectivity index is 1.85. The first kappa shape index (κ1) is 16.1. The van der Waals surface area contributed by atoms with Crippen LogP contribution in [0.5, 0.6) is 0 Å². The van der Waals surface area contributed by atoms with E-state index in [1.54, 1.807) is 24.3 Å². The molecule has 7 heteroatoms. The Bertz CT molecular complexity index is 683. The van der Waals surface area contributed by atoms with Crippen molar-refractivity contribution in [3.8, 4) is 0 Å². The molecule has 0 saturated heterocycles. The lowest BCUT2D eigenvalue weighted by atomic mass is 10.2. The molecule has 1 amide bonds. The Labute approximate surface area is 128 Å². The minimum absolute atomic E-state index is 0.0971. The number of nitrogens with zero attached hydrogens (tertiary/aromatic N) is 3. The molecular weight excluding hydrogens is 282 g/mol. The zero-order valence-electron chi connectivity index (χ0n) is 12.7. The van der Waals surface area contributed by atoms with E-state index in [4.69, 9.17) is 0 Å². The third kappa shape index (κ3) is 4.36. The number of rotatable bonds is 8. The van der Waals surface area contributed by atoms with Gasteiger partial charge in [0.1, 0.15) is 5.52 Å². The third-order valence-electron chi connectivity index (χ3n) is 3.23. The quantitative estimate of drug-likeness (QED) is 0.685. The van der Waals surface area contributed by atoms with Crippen LogP contribution < -0.4 is 16.2 Å².